The van der Waals surface area contributed by atoms with Crippen LogP contribution in [0.4, 0.5) is 0 Å². The highest BCUT2D eigenvalue weighted by atomic mass is 35.5. The summed E-state index contributed by atoms with van der Waals surface area (Å²) in [6, 6.07) is 9.97. The Morgan fingerprint density at radius 3 is 2.80 bits per heavy atom. The highest BCUT2D eigenvalue weighted by Gasteiger charge is 2.15. The van der Waals surface area contributed by atoms with Crippen LogP contribution in [-0.4, -0.2) is 18.6 Å². The molecule has 2 aromatic rings. The van der Waals surface area contributed by atoms with E-state index in [4.69, 9.17) is 16.3 Å². The molecular weight excluding hydrogens is 272 g/mol. The average molecular weight is 291 g/mol. The van der Waals surface area contributed by atoms with Gasteiger partial charge in [-0.25, -0.2) is 0 Å². The largest absolute Gasteiger partial charge is 0.495 e. The van der Waals surface area contributed by atoms with Gasteiger partial charge in [0, 0.05) is 12.4 Å². The van der Waals surface area contributed by atoms with E-state index in [1.807, 2.05) is 30.5 Å². The third kappa shape index (κ3) is 3.50. The molecule has 1 aromatic carbocycles. The van der Waals surface area contributed by atoms with Crippen LogP contribution in [0, 0.1) is 0 Å². The van der Waals surface area contributed by atoms with Crippen LogP contribution in [0.25, 0.3) is 0 Å². The van der Waals surface area contributed by atoms with E-state index in [1.165, 1.54) is 0 Å². The molecule has 0 fully saturated rings. The van der Waals surface area contributed by atoms with Crippen LogP contribution < -0.4 is 10.1 Å². The summed E-state index contributed by atoms with van der Waals surface area (Å²) in [5.74, 6) is 0.691. The van der Waals surface area contributed by atoms with Gasteiger partial charge >= 0.3 is 0 Å². The van der Waals surface area contributed by atoms with Gasteiger partial charge < -0.3 is 10.1 Å². The molecule has 0 amide bonds. The molecule has 1 aromatic heterocycles. The zero-order valence-corrected chi connectivity index (χ0v) is 12.5. The van der Waals surface area contributed by atoms with Crippen molar-refractivity contribution < 1.29 is 4.74 Å². The molecule has 0 aliphatic heterocycles. The third-order valence-electron chi connectivity index (χ3n) is 3.12. The van der Waals surface area contributed by atoms with Crippen LogP contribution in [0.5, 0.6) is 5.75 Å². The number of rotatable bonds is 6. The summed E-state index contributed by atoms with van der Waals surface area (Å²) in [4.78, 5) is 4.20. The Morgan fingerprint density at radius 1 is 1.30 bits per heavy atom. The molecule has 0 aliphatic rings. The van der Waals surface area contributed by atoms with Crippen molar-refractivity contribution in [3.63, 3.8) is 0 Å². The molecule has 1 atom stereocenters. The van der Waals surface area contributed by atoms with E-state index >= 15 is 0 Å². The monoisotopic (exact) mass is 290 g/mol. The first-order chi connectivity index (χ1) is 9.76. The zero-order valence-electron chi connectivity index (χ0n) is 11.8. The van der Waals surface area contributed by atoms with Gasteiger partial charge in [0.05, 0.1) is 18.2 Å². The Labute approximate surface area is 124 Å². The molecular formula is C16H19ClN2O. The van der Waals surface area contributed by atoms with Crippen molar-refractivity contribution in [1.82, 2.24) is 10.3 Å². The smallest absolute Gasteiger partial charge is 0.137 e. The van der Waals surface area contributed by atoms with E-state index < -0.39 is 0 Å². The second-order valence-corrected chi connectivity index (χ2v) is 4.97. The Hall–Kier alpha value is -1.58. The van der Waals surface area contributed by atoms with Crippen molar-refractivity contribution in [3.8, 4) is 5.75 Å². The number of pyridine rings is 1. The van der Waals surface area contributed by atoms with Crippen LogP contribution >= 0.6 is 11.6 Å². The van der Waals surface area contributed by atoms with Crippen molar-refractivity contribution in [3.05, 3.63) is 58.9 Å². The van der Waals surface area contributed by atoms with Crippen LogP contribution in [0.3, 0.4) is 0 Å². The molecule has 2 rings (SSSR count). The maximum atomic E-state index is 6.09. The number of nitrogens with zero attached hydrogens (tertiary/aromatic N) is 1. The highest BCUT2D eigenvalue weighted by molar-refractivity contribution is 6.32. The Bertz CT molecular complexity index is 545. The molecule has 0 saturated carbocycles. The SMILES string of the molecule is CCCNC(c1cccnc1)c1ccc(Cl)c(OC)c1. The topological polar surface area (TPSA) is 34.2 Å². The summed E-state index contributed by atoms with van der Waals surface area (Å²) in [5, 5.41) is 4.16. The van der Waals surface area contributed by atoms with Gasteiger partial charge in [0.25, 0.3) is 0 Å². The van der Waals surface area contributed by atoms with Crippen LogP contribution in [0.15, 0.2) is 42.7 Å². The van der Waals surface area contributed by atoms with Gasteiger partial charge in [0.1, 0.15) is 5.75 Å². The lowest BCUT2D eigenvalue weighted by molar-refractivity contribution is 0.414. The van der Waals surface area contributed by atoms with Crippen LogP contribution in [0.2, 0.25) is 5.02 Å². The van der Waals surface area contributed by atoms with Crippen molar-refractivity contribution in [2.24, 2.45) is 0 Å². The predicted octanol–water partition coefficient (Wildman–Crippen LogP) is 3.83. The minimum Gasteiger partial charge on any atom is -0.495 e. The highest BCUT2D eigenvalue weighted by Crippen LogP contribution is 2.30. The summed E-state index contributed by atoms with van der Waals surface area (Å²) in [7, 11) is 1.63. The van der Waals surface area contributed by atoms with Crippen LogP contribution in [0.1, 0.15) is 30.5 Å². The quantitative estimate of drug-likeness (QED) is 0.878. The van der Waals surface area contributed by atoms with Gasteiger partial charge in [-0.05, 0) is 42.3 Å². The zero-order chi connectivity index (χ0) is 14.4. The standard InChI is InChI=1S/C16H19ClN2O/c1-3-8-19-16(13-5-4-9-18-11-13)12-6-7-14(17)15(10-12)20-2/h4-7,9-11,16,19H,3,8H2,1-2H3. The summed E-state index contributed by atoms with van der Waals surface area (Å²) >= 11 is 6.09. The van der Waals surface area contributed by atoms with Crippen molar-refractivity contribution in [2.45, 2.75) is 19.4 Å². The molecule has 0 saturated heterocycles. The first-order valence-electron chi connectivity index (χ1n) is 6.73. The maximum Gasteiger partial charge on any atom is 0.137 e. The summed E-state index contributed by atoms with van der Waals surface area (Å²) in [6.07, 6.45) is 4.73. The first kappa shape index (κ1) is 14.8. The van der Waals surface area contributed by atoms with Gasteiger partial charge in [-0.2, -0.15) is 0 Å². The molecule has 1 heterocycles. The second kappa shape index (κ2) is 7.27. The molecule has 4 heteroatoms. The van der Waals surface area contributed by atoms with Crippen LogP contribution in [-0.2, 0) is 0 Å². The number of benzene rings is 1. The molecule has 0 aliphatic carbocycles. The number of halogens is 1. The lowest BCUT2D eigenvalue weighted by Crippen LogP contribution is -2.23. The number of aromatic nitrogens is 1. The summed E-state index contributed by atoms with van der Waals surface area (Å²) in [6.45, 7) is 3.08. The van der Waals surface area contributed by atoms with E-state index in [0.29, 0.717) is 10.8 Å². The maximum absolute atomic E-state index is 6.09. The van der Waals surface area contributed by atoms with E-state index in [2.05, 4.69) is 23.3 Å². The predicted molar refractivity (Wildman–Crippen MR) is 82.4 cm³/mol. The number of hydrogen-bond donors (Lipinski definition) is 1. The van der Waals surface area contributed by atoms with Crippen molar-refractivity contribution in [2.75, 3.05) is 13.7 Å². The summed E-state index contributed by atoms with van der Waals surface area (Å²) < 4.78 is 5.30. The molecule has 20 heavy (non-hydrogen) atoms. The normalized spacial score (nSPS) is 12.2. The third-order valence-corrected chi connectivity index (χ3v) is 3.44. The number of methoxy groups -OCH3 is 1. The lowest BCUT2D eigenvalue weighted by atomic mass is 10.00. The van der Waals surface area contributed by atoms with Gasteiger partial charge in [-0.1, -0.05) is 30.7 Å². The van der Waals surface area contributed by atoms with Crippen molar-refractivity contribution in [1.29, 1.82) is 0 Å². The molecule has 0 spiro atoms. The molecule has 0 radical (unpaired) electrons. The minimum atomic E-state index is 0.0924. The van der Waals surface area contributed by atoms with Gasteiger partial charge in [-0.3, -0.25) is 4.98 Å². The van der Waals surface area contributed by atoms with E-state index in [9.17, 15) is 0 Å². The molecule has 0 bridgehead atoms. The fourth-order valence-corrected chi connectivity index (χ4v) is 2.31. The fourth-order valence-electron chi connectivity index (χ4n) is 2.12. The second-order valence-electron chi connectivity index (χ2n) is 4.57. The fraction of sp³-hybridized carbons (Fsp3) is 0.312. The van der Waals surface area contributed by atoms with E-state index in [-0.39, 0.29) is 6.04 Å². The molecule has 1 N–H and O–H groups in total. The molecule has 1 unspecified atom stereocenters. The molecule has 3 nitrogen and oxygen atoms in total. The molecule has 106 valence electrons. The van der Waals surface area contributed by atoms with Crippen molar-refractivity contribution >= 4 is 11.6 Å². The minimum absolute atomic E-state index is 0.0924. The first-order valence-corrected chi connectivity index (χ1v) is 7.10. The van der Waals surface area contributed by atoms with Gasteiger partial charge in [0.2, 0.25) is 0 Å². The lowest BCUT2D eigenvalue weighted by Gasteiger charge is -2.20. The number of nitrogens with one attached hydrogen (secondary N) is 1. The Balaban J connectivity index is 2.36. The van der Waals surface area contributed by atoms with Gasteiger partial charge in [-0.15, -0.1) is 0 Å². The van der Waals surface area contributed by atoms with E-state index in [1.54, 1.807) is 13.3 Å². The summed E-state index contributed by atoms with van der Waals surface area (Å²) in [5.41, 5.74) is 2.25. The number of ether oxygens (including phenoxy) is 1. The number of hydrogen-bond acceptors (Lipinski definition) is 3. The van der Waals surface area contributed by atoms with Gasteiger partial charge in [0.15, 0.2) is 0 Å². The Kier molecular flexibility index (Phi) is 5.39. The van der Waals surface area contributed by atoms with E-state index in [0.717, 1.165) is 24.1 Å². The average Bonchev–Trinajstić information content (AvgIpc) is 2.50. The Morgan fingerprint density at radius 2 is 2.15 bits per heavy atom.